The van der Waals surface area contributed by atoms with Crippen molar-refractivity contribution in [2.45, 2.75) is 40.5 Å². The molecule has 0 unspecified atom stereocenters. The summed E-state index contributed by atoms with van der Waals surface area (Å²) < 4.78 is 0. The van der Waals surface area contributed by atoms with E-state index in [0.717, 1.165) is 5.57 Å². The van der Waals surface area contributed by atoms with Gasteiger partial charge in [-0.2, -0.15) is 0 Å². The minimum atomic E-state index is 0.282. The van der Waals surface area contributed by atoms with E-state index in [1.165, 1.54) is 24.0 Å². The van der Waals surface area contributed by atoms with E-state index in [0.29, 0.717) is 0 Å². The first-order chi connectivity index (χ1) is 6.97. The normalized spacial score (nSPS) is 23.5. The molecule has 1 aliphatic carbocycles. The summed E-state index contributed by atoms with van der Waals surface area (Å²) in [5.74, 6) is 2.64. The van der Waals surface area contributed by atoms with E-state index < -0.39 is 0 Å². The molecule has 15 heavy (non-hydrogen) atoms. The highest BCUT2D eigenvalue weighted by Gasteiger charge is 2.26. The monoisotopic (exact) mass is 200 g/mol. The average Bonchev–Trinajstić information content (AvgIpc) is 2.15. The van der Waals surface area contributed by atoms with Crippen molar-refractivity contribution in [2.75, 3.05) is 0 Å². The van der Waals surface area contributed by atoms with E-state index in [9.17, 15) is 0 Å². The van der Waals surface area contributed by atoms with Crippen molar-refractivity contribution in [2.24, 2.45) is 5.41 Å². The maximum Gasteiger partial charge on any atom is -0.00134 e. The quantitative estimate of drug-likeness (QED) is 0.555. The van der Waals surface area contributed by atoms with Gasteiger partial charge in [0.05, 0.1) is 0 Å². The van der Waals surface area contributed by atoms with E-state index in [2.05, 4.69) is 38.8 Å². The third-order valence-corrected chi connectivity index (χ3v) is 3.10. The summed E-state index contributed by atoms with van der Waals surface area (Å²) in [5.41, 5.74) is 4.08. The first kappa shape index (κ1) is 11.9. The van der Waals surface area contributed by atoms with Crippen molar-refractivity contribution in [1.82, 2.24) is 0 Å². The van der Waals surface area contributed by atoms with Crippen LogP contribution < -0.4 is 0 Å². The van der Waals surface area contributed by atoms with Gasteiger partial charge in [-0.1, -0.05) is 43.6 Å². The molecule has 0 nitrogen and oxygen atoms in total. The molecule has 0 radical (unpaired) electrons. The number of rotatable bonds is 1. The van der Waals surface area contributed by atoms with Crippen molar-refractivity contribution in [3.63, 3.8) is 0 Å². The van der Waals surface area contributed by atoms with Gasteiger partial charge in [0.1, 0.15) is 0 Å². The molecule has 1 rings (SSSR count). The number of hydrogen-bond acceptors (Lipinski definition) is 0. The van der Waals surface area contributed by atoms with Crippen LogP contribution in [0.25, 0.3) is 0 Å². The molecule has 80 valence electrons. The van der Waals surface area contributed by atoms with Gasteiger partial charge < -0.3 is 0 Å². The van der Waals surface area contributed by atoms with Crippen LogP contribution in [-0.4, -0.2) is 0 Å². The summed E-state index contributed by atoms with van der Waals surface area (Å²) in [7, 11) is 0. The van der Waals surface area contributed by atoms with Gasteiger partial charge in [0.2, 0.25) is 0 Å². The Morgan fingerprint density at radius 2 is 2.20 bits per heavy atom. The van der Waals surface area contributed by atoms with Crippen LogP contribution in [0.15, 0.2) is 34.9 Å². The molecule has 1 aliphatic rings. The standard InChI is InChI=1S/C15H20/c1-6-12(2)9-10-14-13(3)8-7-11-15(14,4)5/h1,8-10H,7,11H2,2-5H3/b12-9+,14-10-. The minimum Gasteiger partial charge on any atom is -0.115 e. The van der Waals surface area contributed by atoms with Gasteiger partial charge in [0.15, 0.2) is 0 Å². The lowest BCUT2D eigenvalue weighted by Crippen LogP contribution is -2.18. The maximum absolute atomic E-state index is 5.33. The molecule has 0 saturated carbocycles. The van der Waals surface area contributed by atoms with Crippen LogP contribution in [0, 0.1) is 17.8 Å². The molecule has 0 fully saturated rings. The summed E-state index contributed by atoms with van der Waals surface area (Å²) in [6.07, 6.45) is 14.3. The third kappa shape index (κ3) is 2.86. The minimum absolute atomic E-state index is 0.282. The molecule has 0 aliphatic heterocycles. The van der Waals surface area contributed by atoms with E-state index in [-0.39, 0.29) is 5.41 Å². The predicted molar refractivity (Wildman–Crippen MR) is 67.4 cm³/mol. The highest BCUT2D eigenvalue weighted by atomic mass is 14.3. The summed E-state index contributed by atoms with van der Waals surface area (Å²) >= 11 is 0. The smallest absolute Gasteiger partial charge is 0.00134 e. The zero-order valence-corrected chi connectivity index (χ0v) is 10.2. The lowest BCUT2D eigenvalue weighted by atomic mass is 9.73. The molecule has 0 spiro atoms. The molecule has 0 aromatic carbocycles. The Balaban J connectivity index is 3.06. The molecule has 0 bridgehead atoms. The van der Waals surface area contributed by atoms with E-state index in [1.807, 2.05) is 13.0 Å². The second-order valence-corrected chi connectivity index (χ2v) is 4.88. The Morgan fingerprint density at radius 3 is 2.73 bits per heavy atom. The third-order valence-electron chi connectivity index (χ3n) is 3.10. The molecule has 0 aromatic heterocycles. The van der Waals surface area contributed by atoms with Crippen LogP contribution >= 0.6 is 0 Å². The molecular formula is C15H20. The van der Waals surface area contributed by atoms with E-state index >= 15 is 0 Å². The van der Waals surface area contributed by atoms with Gasteiger partial charge >= 0.3 is 0 Å². The number of allylic oxidation sites excluding steroid dienone is 6. The molecular weight excluding hydrogens is 180 g/mol. The van der Waals surface area contributed by atoms with Crippen LogP contribution in [0.1, 0.15) is 40.5 Å². The van der Waals surface area contributed by atoms with Gasteiger partial charge in [0, 0.05) is 0 Å². The SMILES string of the molecule is C#C/C(C)=C/C=C1/C(C)=CCCC1(C)C. The Labute approximate surface area is 93.8 Å². The largest absolute Gasteiger partial charge is 0.115 e. The Kier molecular flexibility index (Phi) is 3.58. The molecule has 0 heteroatoms. The van der Waals surface area contributed by atoms with Crippen LogP contribution in [0.4, 0.5) is 0 Å². The zero-order valence-electron chi connectivity index (χ0n) is 10.2. The lowest BCUT2D eigenvalue weighted by molar-refractivity contribution is 0.404. The van der Waals surface area contributed by atoms with Gasteiger partial charge in [-0.15, -0.1) is 6.42 Å². The highest BCUT2D eigenvalue weighted by Crippen LogP contribution is 2.40. The van der Waals surface area contributed by atoms with Crippen LogP contribution in [0.2, 0.25) is 0 Å². The predicted octanol–water partition coefficient (Wildman–Crippen LogP) is 4.26. The fourth-order valence-electron chi connectivity index (χ4n) is 2.04. The first-order valence-corrected chi connectivity index (χ1v) is 5.50. The van der Waals surface area contributed by atoms with E-state index in [4.69, 9.17) is 6.42 Å². The van der Waals surface area contributed by atoms with Gasteiger partial charge in [-0.05, 0) is 43.3 Å². The average molecular weight is 200 g/mol. The van der Waals surface area contributed by atoms with Gasteiger partial charge in [-0.25, -0.2) is 0 Å². The van der Waals surface area contributed by atoms with Crippen molar-refractivity contribution in [3.05, 3.63) is 34.9 Å². The van der Waals surface area contributed by atoms with Gasteiger partial charge in [-0.3, -0.25) is 0 Å². The molecule has 0 aromatic rings. The molecule has 0 amide bonds. The van der Waals surface area contributed by atoms with E-state index in [1.54, 1.807) is 0 Å². The summed E-state index contributed by atoms with van der Waals surface area (Å²) in [5, 5.41) is 0. The van der Waals surface area contributed by atoms with Crippen LogP contribution in [0.5, 0.6) is 0 Å². The van der Waals surface area contributed by atoms with Crippen molar-refractivity contribution >= 4 is 0 Å². The van der Waals surface area contributed by atoms with Crippen molar-refractivity contribution < 1.29 is 0 Å². The summed E-state index contributed by atoms with van der Waals surface area (Å²) in [6.45, 7) is 8.75. The Hall–Kier alpha value is -1.22. The fourth-order valence-corrected chi connectivity index (χ4v) is 2.04. The Bertz CT molecular complexity index is 367. The molecule has 0 heterocycles. The zero-order chi connectivity index (χ0) is 11.5. The summed E-state index contributed by atoms with van der Waals surface area (Å²) in [4.78, 5) is 0. The van der Waals surface area contributed by atoms with Crippen LogP contribution in [0.3, 0.4) is 0 Å². The summed E-state index contributed by atoms with van der Waals surface area (Å²) in [6, 6.07) is 0. The number of hydrogen-bond donors (Lipinski definition) is 0. The second kappa shape index (κ2) is 4.53. The van der Waals surface area contributed by atoms with Crippen molar-refractivity contribution in [1.29, 1.82) is 0 Å². The number of terminal acetylenes is 1. The van der Waals surface area contributed by atoms with Crippen LogP contribution in [-0.2, 0) is 0 Å². The molecule has 0 saturated heterocycles. The molecule has 0 N–H and O–H groups in total. The topological polar surface area (TPSA) is 0 Å². The first-order valence-electron chi connectivity index (χ1n) is 5.50. The van der Waals surface area contributed by atoms with Crippen molar-refractivity contribution in [3.8, 4) is 12.3 Å². The highest BCUT2D eigenvalue weighted by molar-refractivity contribution is 5.41. The molecule has 0 atom stereocenters. The fraction of sp³-hybridized carbons (Fsp3) is 0.467. The van der Waals surface area contributed by atoms with Gasteiger partial charge in [0.25, 0.3) is 0 Å². The Morgan fingerprint density at radius 1 is 1.53 bits per heavy atom. The second-order valence-electron chi connectivity index (χ2n) is 4.88. The lowest BCUT2D eigenvalue weighted by Gasteiger charge is -2.32. The maximum atomic E-state index is 5.33.